The number of halogens is 1. The van der Waals surface area contributed by atoms with Crippen LogP contribution in [-0.4, -0.2) is 60.2 Å². The third kappa shape index (κ3) is 3.84. The van der Waals surface area contributed by atoms with E-state index in [0.717, 1.165) is 5.56 Å². The Balaban J connectivity index is 1.61. The molecule has 7 heteroatoms. The fourth-order valence-electron chi connectivity index (χ4n) is 2.79. The lowest BCUT2D eigenvalue weighted by atomic mass is 10.2. The van der Waals surface area contributed by atoms with Gasteiger partial charge in [-0.2, -0.15) is 0 Å². The fraction of sp³-hybridized carbons (Fsp3) is 0.500. The van der Waals surface area contributed by atoms with E-state index in [1.807, 2.05) is 0 Å². The number of hydrogen-bond acceptors (Lipinski definition) is 4. The van der Waals surface area contributed by atoms with Crippen molar-refractivity contribution in [2.75, 3.05) is 38.6 Å². The molecule has 1 aromatic carbocycles. The largest absolute Gasteiger partial charge is 0.378 e. The third-order valence-electron chi connectivity index (χ3n) is 4.05. The van der Waals surface area contributed by atoms with Gasteiger partial charge < -0.3 is 14.5 Å². The van der Waals surface area contributed by atoms with E-state index in [1.165, 1.54) is 23.9 Å². The molecule has 0 saturated carbocycles. The number of carbonyl (C=O) groups excluding carboxylic acids is 2. The first-order valence-electron chi connectivity index (χ1n) is 7.67. The summed E-state index contributed by atoms with van der Waals surface area (Å²) in [6.07, 6.45) is 0.310. The van der Waals surface area contributed by atoms with Gasteiger partial charge in [0, 0.05) is 26.1 Å². The Bertz CT molecular complexity index is 575. The smallest absolute Gasteiger partial charge is 0.233 e. The van der Waals surface area contributed by atoms with E-state index in [2.05, 4.69) is 0 Å². The van der Waals surface area contributed by atoms with Crippen molar-refractivity contribution < 1.29 is 18.7 Å². The number of ether oxygens (including phenoxy) is 1. The summed E-state index contributed by atoms with van der Waals surface area (Å²) in [6.45, 7) is 2.76. The van der Waals surface area contributed by atoms with Gasteiger partial charge in [-0.15, -0.1) is 11.8 Å². The molecule has 0 aromatic heterocycles. The molecule has 3 rings (SSSR count). The molecule has 124 valence electrons. The average Bonchev–Trinajstić information content (AvgIpc) is 2.95. The molecular formula is C16H19FN2O3S. The summed E-state index contributed by atoms with van der Waals surface area (Å²) >= 11 is 1.51. The van der Waals surface area contributed by atoms with E-state index in [1.54, 1.807) is 21.9 Å². The van der Waals surface area contributed by atoms with Crippen molar-refractivity contribution in [1.29, 1.82) is 0 Å². The Morgan fingerprint density at radius 3 is 2.65 bits per heavy atom. The normalized spacial score (nSPS) is 21.8. The second-order valence-electron chi connectivity index (χ2n) is 5.55. The molecule has 5 nitrogen and oxygen atoms in total. The third-order valence-corrected chi connectivity index (χ3v) is 5.31. The van der Waals surface area contributed by atoms with Crippen LogP contribution in [0.2, 0.25) is 0 Å². The van der Waals surface area contributed by atoms with Crippen molar-refractivity contribution in [3.8, 4) is 0 Å². The number of hydrogen-bond donors (Lipinski definition) is 0. The summed E-state index contributed by atoms with van der Waals surface area (Å²) in [6, 6.07) is 6.19. The second kappa shape index (κ2) is 7.31. The minimum Gasteiger partial charge on any atom is -0.378 e. The molecular weight excluding hydrogens is 319 g/mol. The topological polar surface area (TPSA) is 49.9 Å². The Kier molecular flexibility index (Phi) is 5.17. The van der Waals surface area contributed by atoms with E-state index in [9.17, 15) is 14.0 Å². The molecule has 2 fully saturated rings. The van der Waals surface area contributed by atoms with E-state index < -0.39 is 0 Å². The van der Waals surface area contributed by atoms with Gasteiger partial charge in [-0.3, -0.25) is 9.59 Å². The standard InChI is InChI=1S/C16H19FN2O3S/c17-13-3-1-12(2-4-13)16-19(15(21)11-23-16)6-5-14(20)18-7-9-22-10-8-18/h1-4,16H,5-11H2/t16-/m0/s1. The molecule has 2 aliphatic rings. The summed E-state index contributed by atoms with van der Waals surface area (Å²) in [5.74, 6) is 0.181. The SMILES string of the molecule is O=C(CCN1C(=O)CS[C@H]1c1ccc(F)cc1)N1CCOCC1. The number of morpholine rings is 1. The minimum absolute atomic E-state index is 0.0269. The van der Waals surface area contributed by atoms with Gasteiger partial charge in [0.1, 0.15) is 11.2 Å². The first kappa shape index (κ1) is 16.3. The summed E-state index contributed by atoms with van der Waals surface area (Å²) in [5, 5.41) is -0.138. The lowest BCUT2D eigenvalue weighted by molar-refractivity contribution is -0.136. The minimum atomic E-state index is -0.294. The van der Waals surface area contributed by atoms with Crippen LogP contribution in [0.3, 0.4) is 0 Å². The Morgan fingerprint density at radius 2 is 1.96 bits per heavy atom. The highest BCUT2D eigenvalue weighted by molar-refractivity contribution is 8.00. The fourth-order valence-corrected chi connectivity index (χ4v) is 4.01. The van der Waals surface area contributed by atoms with E-state index in [4.69, 9.17) is 4.74 Å². The van der Waals surface area contributed by atoms with Gasteiger partial charge in [0.05, 0.1) is 19.0 Å². The number of benzene rings is 1. The predicted molar refractivity (Wildman–Crippen MR) is 85.3 cm³/mol. The van der Waals surface area contributed by atoms with Crippen LogP contribution in [0.5, 0.6) is 0 Å². The van der Waals surface area contributed by atoms with Crippen LogP contribution in [0.1, 0.15) is 17.4 Å². The predicted octanol–water partition coefficient (Wildman–Crippen LogP) is 1.65. The number of rotatable bonds is 4. The van der Waals surface area contributed by atoms with Gasteiger partial charge in [0.15, 0.2) is 0 Å². The Labute approximate surface area is 138 Å². The molecule has 0 radical (unpaired) electrons. The molecule has 2 heterocycles. The van der Waals surface area contributed by atoms with E-state index >= 15 is 0 Å². The van der Waals surface area contributed by atoms with Gasteiger partial charge in [-0.1, -0.05) is 12.1 Å². The molecule has 0 spiro atoms. The van der Waals surface area contributed by atoms with Crippen molar-refractivity contribution in [2.45, 2.75) is 11.8 Å². The number of carbonyl (C=O) groups is 2. The highest BCUT2D eigenvalue weighted by Crippen LogP contribution is 2.38. The van der Waals surface area contributed by atoms with Gasteiger partial charge in [0.25, 0.3) is 0 Å². The number of nitrogens with zero attached hydrogens (tertiary/aromatic N) is 2. The number of amides is 2. The maximum absolute atomic E-state index is 13.1. The molecule has 23 heavy (non-hydrogen) atoms. The molecule has 0 N–H and O–H groups in total. The van der Waals surface area contributed by atoms with Crippen molar-refractivity contribution in [3.05, 3.63) is 35.6 Å². The van der Waals surface area contributed by atoms with Crippen molar-refractivity contribution in [1.82, 2.24) is 9.80 Å². The zero-order chi connectivity index (χ0) is 16.2. The Hall–Kier alpha value is -1.60. The highest BCUT2D eigenvalue weighted by atomic mass is 32.2. The van der Waals surface area contributed by atoms with Crippen molar-refractivity contribution in [3.63, 3.8) is 0 Å². The number of thioether (sulfide) groups is 1. The van der Waals surface area contributed by atoms with Crippen LogP contribution in [0, 0.1) is 5.82 Å². The maximum Gasteiger partial charge on any atom is 0.233 e. The summed E-state index contributed by atoms with van der Waals surface area (Å²) in [7, 11) is 0. The molecule has 0 unspecified atom stereocenters. The summed E-state index contributed by atoms with van der Waals surface area (Å²) < 4.78 is 18.3. The van der Waals surface area contributed by atoms with E-state index in [-0.39, 0.29) is 23.0 Å². The van der Waals surface area contributed by atoms with Crippen LogP contribution >= 0.6 is 11.8 Å². The van der Waals surface area contributed by atoms with Crippen LogP contribution in [0.25, 0.3) is 0 Å². The summed E-state index contributed by atoms with van der Waals surface area (Å²) in [4.78, 5) is 27.8. The van der Waals surface area contributed by atoms with Gasteiger partial charge in [-0.05, 0) is 17.7 Å². The molecule has 1 aromatic rings. The molecule has 2 amide bonds. The van der Waals surface area contributed by atoms with Crippen molar-refractivity contribution in [2.24, 2.45) is 0 Å². The van der Waals surface area contributed by atoms with Gasteiger partial charge in [0.2, 0.25) is 11.8 Å². The van der Waals surface area contributed by atoms with Gasteiger partial charge in [-0.25, -0.2) is 4.39 Å². The average molecular weight is 338 g/mol. The molecule has 2 aliphatic heterocycles. The van der Waals surface area contributed by atoms with Crippen LogP contribution < -0.4 is 0 Å². The Morgan fingerprint density at radius 1 is 1.26 bits per heavy atom. The second-order valence-corrected chi connectivity index (χ2v) is 6.61. The van der Waals surface area contributed by atoms with Crippen LogP contribution in [0.15, 0.2) is 24.3 Å². The van der Waals surface area contributed by atoms with Crippen molar-refractivity contribution >= 4 is 23.6 Å². The molecule has 1 atom stereocenters. The molecule has 2 saturated heterocycles. The first-order chi connectivity index (χ1) is 11.1. The quantitative estimate of drug-likeness (QED) is 0.838. The van der Waals surface area contributed by atoms with Crippen LogP contribution in [-0.2, 0) is 14.3 Å². The van der Waals surface area contributed by atoms with E-state index in [0.29, 0.717) is 45.0 Å². The molecule has 0 bridgehead atoms. The first-order valence-corrected chi connectivity index (χ1v) is 8.72. The zero-order valence-electron chi connectivity index (χ0n) is 12.7. The zero-order valence-corrected chi connectivity index (χ0v) is 13.6. The highest BCUT2D eigenvalue weighted by Gasteiger charge is 2.33. The maximum atomic E-state index is 13.1. The lowest BCUT2D eigenvalue weighted by Crippen LogP contribution is -2.42. The monoisotopic (exact) mass is 338 g/mol. The molecule has 0 aliphatic carbocycles. The van der Waals surface area contributed by atoms with Crippen LogP contribution in [0.4, 0.5) is 4.39 Å². The van der Waals surface area contributed by atoms with Gasteiger partial charge >= 0.3 is 0 Å². The summed E-state index contributed by atoms with van der Waals surface area (Å²) in [5.41, 5.74) is 0.890. The lowest BCUT2D eigenvalue weighted by Gasteiger charge is -2.29.